The maximum atomic E-state index is 14.4. The number of aryl methyl sites for hydroxylation is 1. The smallest absolute Gasteiger partial charge is 0.406 e. The zero-order chi connectivity index (χ0) is 19.1. The van der Waals surface area contributed by atoms with E-state index in [4.69, 9.17) is 0 Å². The third-order valence-corrected chi connectivity index (χ3v) is 3.67. The van der Waals surface area contributed by atoms with Crippen LogP contribution in [0.25, 0.3) is 5.78 Å². The van der Waals surface area contributed by atoms with Crippen molar-refractivity contribution in [2.24, 2.45) is 0 Å². The van der Waals surface area contributed by atoms with E-state index in [1.54, 1.807) is 26.8 Å². The minimum Gasteiger partial charge on any atom is -0.406 e. The number of hydrogen-bond acceptors (Lipinski definition) is 5. The summed E-state index contributed by atoms with van der Waals surface area (Å²) >= 11 is 0. The average Bonchev–Trinajstić information content (AvgIpc) is 2.93. The van der Waals surface area contributed by atoms with Crippen molar-refractivity contribution in [1.29, 1.82) is 0 Å². The molecule has 3 rings (SSSR count). The van der Waals surface area contributed by atoms with Crippen molar-refractivity contribution in [3.05, 3.63) is 47.7 Å². The van der Waals surface area contributed by atoms with Crippen LogP contribution in [0.4, 0.5) is 23.4 Å². The summed E-state index contributed by atoms with van der Waals surface area (Å²) in [7, 11) is 0. The molecule has 2 aromatic heterocycles. The molecule has 3 aromatic rings. The first kappa shape index (κ1) is 17.9. The number of fused-ring (bicyclic) bond motifs is 1. The molecule has 0 amide bonds. The van der Waals surface area contributed by atoms with E-state index in [0.717, 1.165) is 6.07 Å². The van der Waals surface area contributed by atoms with Crippen LogP contribution in [0, 0.1) is 12.7 Å². The maximum absolute atomic E-state index is 14.4. The molecular weight excluding hydrogens is 354 g/mol. The molecule has 0 saturated heterocycles. The molecule has 10 heteroatoms. The van der Waals surface area contributed by atoms with Crippen molar-refractivity contribution >= 4 is 11.6 Å². The van der Waals surface area contributed by atoms with Crippen LogP contribution < -0.4 is 10.1 Å². The van der Waals surface area contributed by atoms with E-state index in [1.807, 2.05) is 0 Å². The Balaban J connectivity index is 1.93. The summed E-state index contributed by atoms with van der Waals surface area (Å²) in [5, 5.41) is 7.19. The Labute approximate surface area is 145 Å². The van der Waals surface area contributed by atoms with Crippen molar-refractivity contribution in [3.8, 4) is 5.75 Å². The zero-order valence-electron chi connectivity index (χ0n) is 14.1. The number of nitrogens with zero attached hydrogens (tertiary/aromatic N) is 4. The van der Waals surface area contributed by atoms with Crippen molar-refractivity contribution in [1.82, 2.24) is 19.6 Å². The lowest BCUT2D eigenvalue weighted by Crippen LogP contribution is -2.30. The fourth-order valence-corrected chi connectivity index (χ4v) is 2.61. The first-order chi connectivity index (χ1) is 12.0. The molecule has 0 saturated carbocycles. The molecule has 0 bridgehead atoms. The highest BCUT2D eigenvalue weighted by atomic mass is 19.4. The van der Waals surface area contributed by atoms with E-state index in [-0.39, 0.29) is 5.56 Å². The van der Waals surface area contributed by atoms with Crippen molar-refractivity contribution < 1.29 is 22.3 Å². The van der Waals surface area contributed by atoms with Crippen LogP contribution in [0.2, 0.25) is 0 Å². The molecule has 1 N–H and O–H groups in total. The molecule has 0 aliphatic rings. The lowest BCUT2D eigenvalue weighted by Gasteiger charge is -2.29. The van der Waals surface area contributed by atoms with Gasteiger partial charge in [-0.3, -0.25) is 0 Å². The van der Waals surface area contributed by atoms with Gasteiger partial charge in [0.15, 0.2) is 0 Å². The second-order valence-corrected chi connectivity index (χ2v) is 6.19. The summed E-state index contributed by atoms with van der Waals surface area (Å²) in [6, 6.07) is 4.73. The number of hydrogen-bond donors (Lipinski definition) is 1. The van der Waals surface area contributed by atoms with Crippen LogP contribution in [-0.2, 0) is 5.54 Å². The quantitative estimate of drug-likeness (QED) is 0.709. The van der Waals surface area contributed by atoms with Gasteiger partial charge >= 0.3 is 6.36 Å². The zero-order valence-corrected chi connectivity index (χ0v) is 14.1. The minimum absolute atomic E-state index is 0.162. The first-order valence-corrected chi connectivity index (χ1v) is 7.56. The van der Waals surface area contributed by atoms with E-state index in [0.29, 0.717) is 23.4 Å². The average molecular weight is 369 g/mol. The van der Waals surface area contributed by atoms with Crippen LogP contribution in [-0.4, -0.2) is 25.9 Å². The molecular formula is C16H15F4N5O. The van der Waals surface area contributed by atoms with Gasteiger partial charge in [0.05, 0.1) is 5.54 Å². The summed E-state index contributed by atoms with van der Waals surface area (Å²) < 4.78 is 56.4. The standard InChI is InChI=1S/C16H15F4N5O/c1-9-6-13(25-14(23-9)21-8-22-25)24-15(2,3)11-5-4-10(7-12(11)17)26-16(18,19)20/h4-8,24H,1-3H3. The molecule has 0 unspecified atom stereocenters. The minimum atomic E-state index is -4.88. The predicted molar refractivity (Wildman–Crippen MR) is 85.3 cm³/mol. The first-order valence-electron chi connectivity index (χ1n) is 7.56. The fraction of sp³-hybridized carbons (Fsp3) is 0.312. The number of halogens is 4. The summed E-state index contributed by atoms with van der Waals surface area (Å²) in [4.78, 5) is 8.22. The second-order valence-electron chi connectivity index (χ2n) is 6.19. The molecule has 6 nitrogen and oxygen atoms in total. The van der Waals surface area contributed by atoms with E-state index in [1.165, 1.54) is 16.9 Å². The monoisotopic (exact) mass is 369 g/mol. The highest BCUT2D eigenvalue weighted by molar-refractivity contribution is 5.48. The van der Waals surface area contributed by atoms with Crippen molar-refractivity contribution in [2.75, 3.05) is 5.32 Å². The van der Waals surface area contributed by atoms with Gasteiger partial charge in [-0.15, -0.1) is 13.2 Å². The van der Waals surface area contributed by atoms with E-state index in [2.05, 4.69) is 25.1 Å². The van der Waals surface area contributed by atoms with Crippen molar-refractivity contribution in [2.45, 2.75) is 32.7 Å². The maximum Gasteiger partial charge on any atom is 0.573 e. The molecule has 0 fully saturated rings. The Morgan fingerprint density at radius 2 is 1.88 bits per heavy atom. The Kier molecular flexibility index (Phi) is 4.21. The van der Waals surface area contributed by atoms with Crippen LogP contribution in [0.15, 0.2) is 30.6 Å². The van der Waals surface area contributed by atoms with Crippen LogP contribution in [0.3, 0.4) is 0 Å². The number of rotatable bonds is 4. The topological polar surface area (TPSA) is 64.3 Å². The van der Waals surface area contributed by atoms with Crippen LogP contribution in [0.5, 0.6) is 5.75 Å². The highest BCUT2D eigenvalue weighted by Crippen LogP contribution is 2.31. The van der Waals surface area contributed by atoms with E-state index < -0.39 is 23.5 Å². The lowest BCUT2D eigenvalue weighted by molar-refractivity contribution is -0.274. The number of benzene rings is 1. The number of anilines is 1. The van der Waals surface area contributed by atoms with Gasteiger partial charge in [0.1, 0.15) is 23.7 Å². The highest BCUT2D eigenvalue weighted by Gasteiger charge is 2.32. The third kappa shape index (κ3) is 3.68. The molecule has 0 spiro atoms. The van der Waals surface area contributed by atoms with Gasteiger partial charge in [0, 0.05) is 23.4 Å². The lowest BCUT2D eigenvalue weighted by atomic mass is 9.93. The molecule has 26 heavy (non-hydrogen) atoms. The van der Waals surface area contributed by atoms with E-state index in [9.17, 15) is 17.6 Å². The van der Waals surface area contributed by atoms with Gasteiger partial charge in [0.2, 0.25) is 0 Å². The summed E-state index contributed by atoms with van der Waals surface area (Å²) in [6.07, 6.45) is -3.54. The Morgan fingerprint density at radius 1 is 1.15 bits per heavy atom. The summed E-state index contributed by atoms with van der Waals surface area (Å²) in [5.41, 5.74) is -0.124. The number of nitrogens with one attached hydrogen (secondary N) is 1. The fourth-order valence-electron chi connectivity index (χ4n) is 2.61. The molecule has 2 heterocycles. The predicted octanol–water partition coefficient (Wildman–Crippen LogP) is 3.82. The third-order valence-electron chi connectivity index (χ3n) is 3.67. The Hall–Kier alpha value is -2.91. The number of ether oxygens (including phenoxy) is 1. The largest absolute Gasteiger partial charge is 0.573 e. The Bertz CT molecular complexity index is 951. The molecule has 0 aliphatic heterocycles. The summed E-state index contributed by atoms with van der Waals surface area (Å²) in [6.45, 7) is 5.15. The van der Waals surface area contributed by atoms with Crippen molar-refractivity contribution in [3.63, 3.8) is 0 Å². The van der Waals surface area contributed by atoms with E-state index >= 15 is 0 Å². The van der Waals surface area contributed by atoms with Gasteiger partial charge in [-0.2, -0.15) is 14.6 Å². The molecule has 138 valence electrons. The molecule has 0 atom stereocenters. The van der Waals surface area contributed by atoms with Gasteiger partial charge in [-0.25, -0.2) is 9.37 Å². The normalized spacial score (nSPS) is 12.4. The molecule has 0 aliphatic carbocycles. The van der Waals surface area contributed by atoms with Crippen LogP contribution in [0.1, 0.15) is 25.1 Å². The number of aromatic nitrogens is 4. The SMILES string of the molecule is Cc1cc(NC(C)(C)c2ccc(OC(F)(F)F)cc2F)n2ncnc2n1. The second kappa shape index (κ2) is 6.11. The van der Waals surface area contributed by atoms with Gasteiger partial charge < -0.3 is 10.1 Å². The van der Waals surface area contributed by atoms with Crippen LogP contribution >= 0.6 is 0 Å². The van der Waals surface area contributed by atoms with Gasteiger partial charge in [0.25, 0.3) is 5.78 Å². The molecule has 1 aromatic carbocycles. The summed E-state index contributed by atoms with van der Waals surface area (Å²) in [5.74, 6) is -0.555. The van der Waals surface area contributed by atoms with Gasteiger partial charge in [-0.05, 0) is 26.8 Å². The number of alkyl halides is 3. The molecule has 0 radical (unpaired) electrons. The van der Waals surface area contributed by atoms with Gasteiger partial charge in [-0.1, -0.05) is 6.07 Å². The Morgan fingerprint density at radius 3 is 2.54 bits per heavy atom.